The molecule has 4 aromatic rings. The Morgan fingerprint density at radius 1 is 0.919 bits per heavy atom. The molecule has 1 heterocycles. The normalized spacial score (nSPS) is 10.6. The monoisotopic (exact) mass is 536 g/mol. The summed E-state index contributed by atoms with van der Waals surface area (Å²) in [5.41, 5.74) is 7.61. The Hall–Kier alpha value is -4.08. The van der Waals surface area contributed by atoms with E-state index in [1.165, 1.54) is 11.3 Å². The summed E-state index contributed by atoms with van der Waals surface area (Å²) >= 11 is 7.57. The van der Waals surface area contributed by atoms with Gasteiger partial charge in [0.2, 0.25) is 5.91 Å². The zero-order chi connectivity index (χ0) is 26.5. The molecule has 10 heteroatoms. The van der Waals surface area contributed by atoms with Gasteiger partial charge >= 0.3 is 0 Å². The van der Waals surface area contributed by atoms with Gasteiger partial charge in [-0.15, -0.1) is 11.3 Å². The fraction of sp³-hybridized carbons (Fsp3) is 0.148. The number of hydrogen-bond donors (Lipinski definition) is 3. The van der Waals surface area contributed by atoms with Gasteiger partial charge < -0.3 is 15.0 Å². The van der Waals surface area contributed by atoms with Crippen LogP contribution in [-0.4, -0.2) is 38.9 Å². The first kappa shape index (κ1) is 26.0. The van der Waals surface area contributed by atoms with Crippen LogP contribution >= 0.6 is 22.9 Å². The molecule has 0 bridgehead atoms. The maximum atomic E-state index is 12.6. The van der Waals surface area contributed by atoms with Crippen LogP contribution in [0.15, 0.2) is 66.7 Å². The number of ether oxygens (including phenoxy) is 1. The van der Waals surface area contributed by atoms with E-state index in [9.17, 15) is 14.4 Å². The number of methoxy groups -OCH3 is 1. The molecule has 37 heavy (non-hydrogen) atoms. The molecule has 0 saturated carbocycles. The lowest BCUT2D eigenvalue weighted by Crippen LogP contribution is -2.41. The first-order chi connectivity index (χ1) is 17.7. The van der Waals surface area contributed by atoms with Gasteiger partial charge in [0.1, 0.15) is 10.6 Å². The molecule has 3 N–H and O–H groups in total. The van der Waals surface area contributed by atoms with Crippen LogP contribution in [0.1, 0.15) is 25.6 Å². The minimum atomic E-state index is -0.527. The highest BCUT2D eigenvalue weighted by Crippen LogP contribution is 2.37. The van der Waals surface area contributed by atoms with E-state index in [-0.39, 0.29) is 17.2 Å². The minimum Gasteiger partial charge on any atom is -0.497 e. The highest BCUT2D eigenvalue weighted by molar-refractivity contribution is 7.21. The number of halogens is 1. The number of nitrogens with one attached hydrogen (secondary N) is 3. The Morgan fingerprint density at radius 2 is 1.59 bits per heavy atom. The summed E-state index contributed by atoms with van der Waals surface area (Å²) in [7, 11) is 5.47. The predicted molar refractivity (Wildman–Crippen MR) is 148 cm³/mol. The fourth-order valence-electron chi connectivity index (χ4n) is 3.57. The average Bonchev–Trinajstić information content (AvgIpc) is 3.23. The summed E-state index contributed by atoms with van der Waals surface area (Å²) in [5.74, 6) is -0.545. The summed E-state index contributed by atoms with van der Waals surface area (Å²) in [6.07, 6.45) is 0.231. The lowest BCUT2D eigenvalue weighted by Gasteiger charge is -2.12. The number of fused-ring (bicyclic) bond motifs is 1. The number of nitrogens with zero attached hydrogens (tertiary/aromatic N) is 1. The molecule has 0 spiro atoms. The van der Waals surface area contributed by atoms with Gasteiger partial charge in [0.15, 0.2) is 0 Å². The molecule has 3 amide bonds. The van der Waals surface area contributed by atoms with Crippen molar-refractivity contribution in [2.45, 2.75) is 6.42 Å². The molecule has 0 unspecified atom stereocenters. The van der Waals surface area contributed by atoms with Gasteiger partial charge in [-0.25, -0.2) is 0 Å². The number of carbonyl (C=O) groups is 3. The summed E-state index contributed by atoms with van der Waals surface area (Å²) in [5, 5.41) is 3.86. The third-order valence-corrected chi connectivity index (χ3v) is 7.24. The summed E-state index contributed by atoms with van der Waals surface area (Å²) in [6.45, 7) is 0. The van der Waals surface area contributed by atoms with E-state index in [1.54, 1.807) is 49.6 Å². The van der Waals surface area contributed by atoms with E-state index in [0.717, 1.165) is 21.3 Å². The van der Waals surface area contributed by atoms with Gasteiger partial charge in [0.05, 0.1) is 18.6 Å². The molecule has 4 rings (SSSR count). The van der Waals surface area contributed by atoms with E-state index >= 15 is 0 Å². The smallest absolute Gasteiger partial charge is 0.281 e. The van der Waals surface area contributed by atoms with Crippen LogP contribution < -0.4 is 25.8 Å². The molecular formula is C27H25ClN4O4S. The van der Waals surface area contributed by atoms with Crippen molar-refractivity contribution in [2.24, 2.45) is 0 Å². The second kappa shape index (κ2) is 11.3. The number of hydrogen-bond acceptors (Lipinski definition) is 6. The second-order valence-corrected chi connectivity index (χ2v) is 9.81. The Morgan fingerprint density at radius 3 is 2.24 bits per heavy atom. The lowest BCUT2D eigenvalue weighted by atomic mass is 10.1. The van der Waals surface area contributed by atoms with E-state index in [4.69, 9.17) is 16.3 Å². The molecule has 0 fully saturated rings. The quantitative estimate of drug-likeness (QED) is 0.292. The van der Waals surface area contributed by atoms with Crippen LogP contribution in [0, 0.1) is 0 Å². The van der Waals surface area contributed by atoms with E-state index in [2.05, 4.69) is 16.2 Å². The van der Waals surface area contributed by atoms with Crippen molar-refractivity contribution in [3.05, 3.63) is 87.8 Å². The van der Waals surface area contributed by atoms with E-state index in [1.807, 2.05) is 43.3 Å². The highest BCUT2D eigenvalue weighted by Gasteiger charge is 2.18. The molecule has 190 valence electrons. The topological polar surface area (TPSA) is 99.8 Å². The molecular weight excluding hydrogens is 512 g/mol. The Kier molecular flexibility index (Phi) is 7.95. The van der Waals surface area contributed by atoms with E-state index < -0.39 is 11.8 Å². The third-order valence-electron chi connectivity index (χ3n) is 5.58. The van der Waals surface area contributed by atoms with Gasteiger partial charge in [-0.3, -0.25) is 25.2 Å². The minimum absolute atomic E-state index is 0.167. The number of rotatable bonds is 7. The number of benzene rings is 3. The van der Waals surface area contributed by atoms with Crippen molar-refractivity contribution in [3.63, 3.8) is 0 Å². The molecule has 0 aliphatic heterocycles. The highest BCUT2D eigenvalue weighted by atomic mass is 35.5. The van der Waals surface area contributed by atoms with Gasteiger partial charge in [-0.1, -0.05) is 23.7 Å². The van der Waals surface area contributed by atoms with Crippen molar-refractivity contribution in [1.82, 2.24) is 10.9 Å². The maximum Gasteiger partial charge on any atom is 0.281 e. The van der Waals surface area contributed by atoms with Crippen molar-refractivity contribution in [1.29, 1.82) is 0 Å². The number of amides is 3. The zero-order valence-corrected chi connectivity index (χ0v) is 22.0. The van der Waals surface area contributed by atoms with Crippen molar-refractivity contribution in [2.75, 3.05) is 31.4 Å². The summed E-state index contributed by atoms with van der Waals surface area (Å²) in [4.78, 5) is 39.8. The van der Waals surface area contributed by atoms with Gasteiger partial charge in [-0.05, 0) is 60.2 Å². The van der Waals surface area contributed by atoms with Gasteiger partial charge in [0, 0.05) is 41.1 Å². The molecule has 1 aromatic heterocycles. The Labute approximate surface area is 223 Å². The first-order valence-corrected chi connectivity index (χ1v) is 12.5. The molecule has 0 aliphatic rings. The number of hydrazine groups is 1. The van der Waals surface area contributed by atoms with E-state index in [0.29, 0.717) is 22.0 Å². The van der Waals surface area contributed by atoms with Crippen LogP contribution in [0.4, 0.5) is 11.4 Å². The van der Waals surface area contributed by atoms with Crippen LogP contribution in [0.2, 0.25) is 5.02 Å². The SMILES string of the molecule is COc1ccc2c(Cl)c(C(=O)NNC(=O)c3ccc(NC(=O)Cc4ccc(N(C)C)cc4)cc3)sc2c1. The van der Waals surface area contributed by atoms with Crippen LogP contribution in [0.5, 0.6) is 5.75 Å². The van der Waals surface area contributed by atoms with Crippen LogP contribution in [-0.2, 0) is 11.2 Å². The molecule has 8 nitrogen and oxygen atoms in total. The molecule has 0 aliphatic carbocycles. The number of carbonyl (C=O) groups excluding carboxylic acids is 3. The van der Waals surface area contributed by atoms with Gasteiger partial charge in [0.25, 0.3) is 11.8 Å². The van der Waals surface area contributed by atoms with Crippen molar-refractivity contribution < 1.29 is 19.1 Å². The first-order valence-electron chi connectivity index (χ1n) is 11.3. The van der Waals surface area contributed by atoms with Crippen molar-refractivity contribution >= 4 is 62.1 Å². The molecule has 0 radical (unpaired) electrons. The molecule has 3 aromatic carbocycles. The second-order valence-electron chi connectivity index (χ2n) is 8.38. The third kappa shape index (κ3) is 6.19. The number of anilines is 2. The largest absolute Gasteiger partial charge is 0.497 e. The van der Waals surface area contributed by atoms with Crippen molar-refractivity contribution in [3.8, 4) is 5.75 Å². The predicted octanol–water partition coefficient (Wildman–Crippen LogP) is 4.89. The Balaban J connectivity index is 1.31. The van der Waals surface area contributed by atoms with Gasteiger partial charge in [-0.2, -0.15) is 0 Å². The molecule has 0 saturated heterocycles. The fourth-order valence-corrected chi connectivity index (χ4v) is 5.01. The standard InChI is InChI=1S/C27H25ClN4O4S/c1-32(2)19-10-4-16(5-11-19)14-23(33)29-18-8-6-17(7-9-18)26(34)30-31-27(35)25-24(28)21-13-12-20(36-3)15-22(21)37-25/h4-13,15H,14H2,1-3H3,(H,29,33)(H,30,34)(H,31,35). The van der Waals surface area contributed by atoms with Crippen LogP contribution in [0.25, 0.3) is 10.1 Å². The summed E-state index contributed by atoms with van der Waals surface area (Å²) < 4.78 is 6.00. The number of thiophene rings is 1. The van der Waals surface area contributed by atoms with Crippen LogP contribution in [0.3, 0.4) is 0 Å². The summed E-state index contributed by atoms with van der Waals surface area (Å²) in [6, 6.07) is 19.5. The maximum absolute atomic E-state index is 12.6. The zero-order valence-electron chi connectivity index (χ0n) is 20.4. The lowest BCUT2D eigenvalue weighted by molar-refractivity contribution is -0.115. The molecule has 0 atom stereocenters. The Bertz CT molecular complexity index is 1450. The average molecular weight is 537 g/mol.